The molecule has 0 aromatic carbocycles. The minimum atomic E-state index is -1.07. The van der Waals surface area contributed by atoms with E-state index in [1.165, 1.54) is 5.57 Å². The number of aliphatic carboxylic acids is 1. The number of aliphatic hydroxyl groups excluding tert-OH is 2. The smallest absolute Gasteiger partial charge is 0.312 e. The lowest BCUT2D eigenvalue weighted by atomic mass is 9.66. The van der Waals surface area contributed by atoms with Crippen molar-refractivity contribution in [1.29, 1.82) is 0 Å². The number of aliphatic hydroxyl groups is 2. The summed E-state index contributed by atoms with van der Waals surface area (Å²) < 4.78 is 6.21. The van der Waals surface area contributed by atoms with Crippen molar-refractivity contribution in [3.63, 3.8) is 0 Å². The third kappa shape index (κ3) is 6.44. The molecular weight excluding hydrogens is 408 g/mol. The molecule has 0 radical (unpaired) electrons. The van der Waals surface area contributed by atoms with E-state index in [0.717, 1.165) is 38.5 Å². The highest BCUT2D eigenvalue weighted by atomic mass is 16.5. The van der Waals surface area contributed by atoms with Gasteiger partial charge in [-0.3, -0.25) is 9.59 Å². The van der Waals surface area contributed by atoms with E-state index in [9.17, 15) is 19.8 Å². The average Bonchev–Trinajstić information content (AvgIpc) is 2.74. The van der Waals surface area contributed by atoms with Crippen molar-refractivity contribution >= 4 is 11.9 Å². The van der Waals surface area contributed by atoms with Crippen molar-refractivity contribution in [2.24, 2.45) is 23.2 Å². The summed E-state index contributed by atoms with van der Waals surface area (Å²) in [7, 11) is 0. The summed E-state index contributed by atoms with van der Waals surface area (Å²) in [5, 5.41) is 29.0. The lowest BCUT2D eigenvalue weighted by Gasteiger charge is -2.43. The van der Waals surface area contributed by atoms with E-state index in [-0.39, 0.29) is 42.7 Å². The van der Waals surface area contributed by atoms with E-state index >= 15 is 0 Å². The van der Waals surface area contributed by atoms with Crippen LogP contribution in [0.4, 0.5) is 0 Å². The van der Waals surface area contributed by atoms with Gasteiger partial charge < -0.3 is 20.1 Å². The fourth-order valence-electron chi connectivity index (χ4n) is 5.50. The van der Waals surface area contributed by atoms with Crippen LogP contribution in [0.25, 0.3) is 0 Å². The van der Waals surface area contributed by atoms with Crippen LogP contribution < -0.4 is 0 Å². The SMILES string of the molecule is CCC(CC)(CC)C(=O)O[C@H]1CCC=C2C=C[C@H](C)[C@H](CC[C@@H](O)C[C@@H](O)CC(=O)O)[C@H]21. The largest absolute Gasteiger partial charge is 0.481 e. The van der Waals surface area contributed by atoms with E-state index in [4.69, 9.17) is 9.84 Å². The zero-order chi connectivity index (χ0) is 23.9. The number of ether oxygens (including phenoxy) is 1. The van der Waals surface area contributed by atoms with Gasteiger partial charge in [-0.05, 0) is 68.8 Å². The molecule has 0 saturated heterocycles. The van der Waals surface area contributed by atoms with Gasteiger partial charge in [0, 0.05) is 5.92 Å². The van der Waals surface area contributed by atoms with E-state index in [0.29, 0.717) is 6.42 Å². The molecule has 0 aliphatic heterocycles. The van der Waals surface area contributed by atoms with Gasteiger partial charge >= 0.3 is 11.9 Å². The highest BCUT2D eigenvalue weighted by molar-refractivity contribution is 5.77. The first kappa shape index (κ1) is 26.6. The monoisotopic (exact) mass is 450 g/mol. The maximum absolute atomic E-state index is 13.2. The minimum Gasteiger partial charge on any atom is -0.481 e. The van der Waals surface area contributed by atoms with Gasteiger partial charge in [0.05, 0.1) is 24.0 Å². The molecule has 182 valence electrons. The summed E-state index contributed by atoms with van der Waals surface area (Å²) in [6, 6.07) is 0. The maximum Gasteiger partial charge on any atom is 0.312 e. The number of carboxylic acid groups (broad SMARTS) is 1. The third-order valence-electron chi connectivity index (χ3n) is 7.85. The number of hydrogen-bond donors (Lipinski definition) is 3. The van der Waals surface area contributed by atoms with Gasteiger partial charge in [-0.1, -0.05) is 45.9 Å². The highest BCUT2D eigenvalue weighted by Crippen LogP contribution is 2.45. The Balaban J connectivity index is 2.11. The highest BCUT2D eigenvalue weighted by Gasteiger charge is 2.43. The lowest BCUT2D eigenvalue weighted by Crippen LogP contribution is -2.42. The van der Waals surface area contributed by atoms with Crippen molar-refractivity contribution in [3.8, 4) is 0 Å². The number of rotatable bonds is 12. The Kier molecular flexibility index (Phi) is 9.96. The van der Waals surface area contributed by atoms with Crippen molar-refractivity contribution < 1.29 is 29.6 Å². The molecule has 0 aromatic rings. The quantitative estimate of drug-likeness (QED) is 0.374. The number of carbonyl (C=O) groups is 2. The first-order valence-electron chi connectivity index (χ1n) is 12.3. The van der Waals surface area contributed by atoms with Gasteiger partial charge in [-0.15, -0.1) is 0 Å². The van der Waals surface area contributed by atoms with Crippen molar-refractivity contribution in [3.05, 3.63) is 23.8 Å². The molecule has 0 unspecified atom stereocenters. The van der Waals surface area contributed by atoms with Gasteiger partial charge in [-0.25, -0.2) is 0 Å². The Morgan fingerprint density at radius 1 is 1.16 bits per heavy atom. The number of esters is 1. The Morgan fingerprint density at radius 3 is 2.41 bits per heavy atom. The number of carboxylic acids is 1. The molecule has 2 rings (SSSR count). The molecule has 0 spiro atoms. The fraction of sp³-hybridized carbons (Fsp3) is 0.769. The molecule has 0 bridgehead atoms. The molecule has 0 saturated carbocycles. The Hall–Kier alpha value is -1.66. The number of hydrogen-bond acceptors (Lipinski definition) is 5. The molecule has 2 aliphatic rings. The summed E-state index contributed by atoms with van der Waals surface area (Å²) in [6.45, 7) is 8.31. The molecule has 2 aliphatic carbocycles. The van der Waals surface area contributed by atoms with E-state index in [1.54, 1.807) is 0 Å². The summed E-state index contributed by atoms with van der Waals surface area (Å²) in [5.74, 6) is -0.559. The van der Waals surface area contributed by atoms with Crippen LogP contribution in [0.5, 0.6) is 0 Å². The fourth-order valence-corrected chi connectivity index (χ4v) is 5.50. The Morgan fingerprint density at radius 2 is 1.81 bits per heavy atom. The van der Waals surface area contributed by atoms with Crippen LogP contribution in [0.15, 0.2) is 23.8 Å². The molecule has 0 fully saturated rings. The predicted octanol–water partition coefficient (Wildman–Crippen LogP) is 4.64. The predicted molar refractivity (Wildman–Crippen MR) is 124 cm³/mol. The summed E-state index contributed by atoms with van der Waals surface area (Å²) in [4.78, 5) is 23.9. The molecule has 0 heterocycles. The molecule has 0 aromatic heterocycles. The van der Waals surface area contributed by atoms with Gasteiger partial charge in [0.2, 0.25) is 0 Å². The molecule has 0 amide bonds. The van der Waals surface area contributed by atoms with E-state index in [2.05, 4.69) is 45.9 Å². The molecular formula is C26H42O6. The second-order valence-electron chi connectivity index (χ2n) is 9.69. The van der Waals surface area contributed by atoms with Crippen LogP contribution in [0.2, 0.25) is 0 Å². The van der Waals surface area contributed by atoms with Gasteiger partial charge in [0.25, 0.3) is 0 Å². The second kappa shape index (κ2) is 12.0. The first-order valence-corrected chi connectivity index (χ1v) is 12.3. The van der Waals surface area contributed by atoms with Crippen LogP contribution >= 0.6 is 0 Å². The normalized spacial score (nSPS) is 27.2. The second-order valence-corrected chi connectivity index (χ2v) is 9.69. The molecule has 32 heavy (non-hydrogen) atoms. The van der Waals surface area contributed by atoms with Crippen LogP contribution in [-0.2, 0) is 14.3 Å². The van der Waals surface area contributed by atoms with Crippen molar-refractivity contribution in [1.82, 2.24) is 0 Å². The summed E-state index contributed by atoms with van der Waals surface area (Å²) in [5.41, 5.74) is 0.788. The average molecular weight is 451 g/mol. The Labute approximate surface area is 192 Å². The summed E-state index contributed by atoms with van der Waals surface area (Å²) >= 11 is 0. The Bertz CT molecular complexity index is 684. The third-order valence-corrected chi connectivity index (χ3v) is 7.85. The first-order chi connectivity index (χ1) is 15.2. The topological polar surface area (TPSA) is 104 Å². The van der Waals surface area contributed by atoms with Crippen LogP contribution in [0.1, 0.15) is 85.5 Å². The number of fused-ring (bicyclic) bond motifs is 1. The van der Waals surface area contributed by atoms with E-state index < -0.39 is 23.6 Å². The van der Waals surface area contributed by atoms with Gasteiger partial charge in [-0.2, -0.15) is 0 Å². The van der Waals surface area contributed by atoms with Crippen LogP contribution in [0, 0.1) is 23.2 Å². The molecule has 3 N–H and O–H groups in total. The van der Waals surface area contributed by atoms with Crippen molar-refractivity contribution in [2.45, 2.75) is 104 Å². The zero-order valence-electron chi connectivity index (χ0n) is 20.1. The van der Waals surface area contributed by atoms with E-state index in [1.807, 2.05) is 0 Å². The lowest BCUT2D eigenvalue weighted by molar-refractivity contribution is -0.167. The van der Waals surface area contributed by atoms with Crippen LogP contribution in [-0.4, -0.2) is 45.6 Å². The van der Waals surface area contributed by atoms with Gasteiger partial charge in [0.1, 0.15) is 6.10 Å². The molecule has 6 nitrogen and oxygen atoms in total. The number of carbonyl (C=O) groups excluding carboxylic acids is 1. The zero-order valence-corrected chi connectivity index (χ0v) is 20.1. The number of allylic oxidation sites excluding steroid dienone is 3. The van der Waals surface area contributed by atoms with Crippen LogP contribution in [0.3, 0.4) is 0 Å². The van der Waals surface area contributed by atoms with Crippen molar-refractivity contribution in [2.75, 3.05) is 0 Å². The van der Waals surface area contributed by atoms with Gasteiger partial charge in [0.15, 0.2) is 0 Å². The summed E-state index contributed by atoms with van der Waals surface area (Å²) in [6.07, 6.45) is 9.52. The molecule has 6 heteroatoms. The maximum atomic E-state index is 13.2. The standard InChI is InChI=1S/C26H42O6/c1-5-26(6-2,7-3)25(31)32-22-10-8-9-18-12-11-17(4)21(24(18)22)14-13-19(27)15-20(28)16-23(29)30/h9,11-12,17,19-22,24,27-28H,5-8,10,13-16H2,1-4H3,(H,29,30)/t17-,19+,20+,21-,22-,24-/m0/s1. The minimum absolute atomic E-state index is 0.0566. The molecule has 6 atom stereocenters.